The molecule has 0 unspecified atom stereocenters. The van der Waals surface area contributed by atoms with Crippen LogP contribution in [0.4, 0.5) is 0 Å². The van der Waals surface area contributed by atoms with Gasteiger partial charge in [-0.3, -0.25) is 15.0 Å². The van der Waals surface area contributed by atoms with Gasteiger partial charge in [0.2, 0.25) is 0 Å². The predicted octanol–water partition coefficient (Wildman–Crippen LogP) is -0.0506. The van der Waals surface area contributed by atoms with Gasteiger partial charge in [0.25, 0.3) is 5.56 Å². The highest BCUT2D eigenvalue weighted by atomic mass is 16.4. The lowest BCUT2D eigenvalue weighted by Gasteiger charge is -1.91. The summed E-state index contributed by atoms with van der Waals surface area (Å²) in [6.45, 7) is 0. The third-order valence-corrected chi connectivity index (χ3v) is 1.67. The Balaban J connectivity index is 2.80. The molecule has 0 bridgehead atoms. The van der Waals surface area contributed by atoms with Gasteiger partial charge >= 0.3 is 5.97 Å². The average Bonchev–Trinajstić information content (AvgIpc) is 2.47. The summed E-state index contributed by atoms with van der Waals surface area (Å²) in [5.74, 6) is -1.10. The van der Waals surface area contributed by atoms with E-state index in [-0.39, 0.29) is 16.5 Å². The summed E-state index contributed by atoms with van der Waals surface area (Å²) in [6, 6.07) is 1.28. The van der Waals surface area contributed by atoms with Gasteiger partial charge in [-0.15, -0.1) is 0 Å². The molecule has 0 fully saturated rings. The maximum atomic E-state index is 11.0. The Morgan fingerprint density at radius 2 is 2.23 bits per heavy atom. The van der Waals surface area contributed by atoms with Crippen molar-refractivity contribution < 1.29 is 9.90 Å². The first-order valence-electron chi connectivity index (χ1n) is 3.48. The van der Waals surface area contributed by atoms with Crippen LogP contribution in [0.3, 0.4) is 0 Å². The van der Waals surface area contributed by atoms with Crippen molar-refractivity contribution in [2.24, 2.45) is 0 Å². The smallest absolute Gasteiger partial charge is 0.337 e. The summed E-state index contributed by atoms with van der Waals surface area (Å²) < 4.78 is 0. The molecule has 66 valence electrons. The van der Waals surface area contributed by atoms with Gasteiger partial charge in [-0.25, -0.2) is 9.78 Å². The molecule has 2 aromatic rings. The lowest BCUT2D eigenvalue weighted by molar-refractivity contribution is 0.0696. The van der Waals surface area contributed by atoms with Crippen molar-refractivity contribution in [1.82, 2.24) is 15.2 Å². The number of aromatic amines is 2. The normalized spacial score (nSPS) is 10.5. The SMILES string of the molecule is O=C(O)c1cnc2[nH][nH]c(=O)c2c1. The van der Waals surface area contributed by atoms with Gasteiger partial charge in [-0.1, -0.05) is 0 Å². The van der Waals surface area contributed by atoms with E-state index >= 15 is 0 Å². The monoisotopic (exact) mass is 179 g/mol. The van der Waals surface area contributed by atoms with E-state index in [0.717, 1.165) is 0 Å². The number of carboxylic acid groups (broad SMARTS) is 1. The summed E-state index contributed by atoms with van der Waals surface area (Å²) in [5.41, 5.74) is -0.0156. The Kier molecular flexibility index (Phi) is 1.42. The molecule has 6 heteroatoms. The molecular formula is C7H5N3O3. The zero-order chi connectivity index (χ0) is 9.42. The maximum Gasteiger partial charge on any atom is 0.337 e. The number of nitrogens with zero attached hydrogens (tertiary/aromatic N) is 1. The van der Waals surface area contributed by atoms with E-state index in [9.17, 15) is 9.59 Å². The number of fused-ring (bicyclic) bond motifs is 1. The van der Waals surface area contributed by atoms with Crippen molar-refractivity contribution in [3.05, 3.63) is 28.2 Å². The van der Waals surface area contributed by atoms with E-state index < -0.39 is 5.97 Å². The van der Waals surface area contributed by atoms with Crippen molar-refractivity contribution in [3.63, 3.8) is 0 Å². The van der Waals surface area contributed by atoms with Gasteiger partial charge in [-0.2, -0.15) is 0 Å². The number of carboxylic acids is 1. The van der Waals surface area contributed by atoms with Crippen molar-refractivity contribution >= 4 is 17.0 Å². The molecule has 2 rings (SSSR count). The second-order valence-electron chi connectivity index (χ2n) is 2.50. The lowest BCUT2D eigenvalue weighted by Crippen LogP contribution is -2.01. The van der Waals surface area contributed by atoms with Crippen LogP contribution in [0.25, 0.3) is 11.0 Å². The average molecular weight is 179 g/mol. The number of hydrogen-bond acceptors (Lipinski definition) is 3. The van der Waals surface area contributed by atoms with Crippen LogP contribution in [-0.4, -0.2) is 26.3 Å². The molecular weight excluding hydrogens is 174 g/mol. The van der Waals surface area contributed by atoms with Crippen LogP contribution in [0.5, 0.6) is 0 Å². The molecule has 0 aliphatic carbocycles. The van der Waals surface area contributed by atoms with E-state index in [2.05, 4.69) is 15.2 Å². The van der Waals surface area contributed by atoms with Crippen LogP contribution in [-0.2, 0) is 0 Å². The van der Waals surface area contributed by atoms with E-state index in [0.29, 0.717) is 5.65 Å². The second kappa shape index (κ2) is 2.44. The summed E-state index contributed by atoms with van der Waals surface area (Å²) >= 11 is 0. The van der Waals surface area contributed by atoms with Crippen LogP contribution < -0.4 is 5.56 Å². The van der Waals surface area contributed by atoms with Crippen molar-refractivity contribution in [2.75, 3.05) is 0 Å². The highest BCUT2D eigenvalue weighted by Crippen LogP contribution is 2.05. The molecule has 2 heterocycles. The number of nitrogens with one attached hydrogen (secondary N) is 2. The largest absolute Gasteiger partial charge is 0.478 e. The minimum absolute atomic E-state index is 0.00222. The van der Waals surface area contributed by atoms with Crippen LogP contribution in [0.2, 0.25) is 0 Å². The Labute approximate surface area is 71.2 Å². The maximum absolute atomic E-state index is 11.0. The number of aromatic nitrogens is 3. The molecule has 3 N–H and O–H groups in total. The number of rotatable bonds is 1. The molecule has 0 saturated heterocycles. The molecule has 2 aromatic heterocycles. The minimum atomic E-state index is -1.10. The summed E-state index contributed by atoms with van der Waals surface area (Å²) in [6.07, 6.45) is 1.19. The minimum Gasteiger partial charge on any atom is -0.478 e. The highest BCUT2D eigenvalue weighted by molar-refractivity contribution is 5.91. The third kappa shape index (κ3) is 1.08. The predicted molar refractivity (Wildman–Crippen MR) is 43.7 cm³/mol. The van der Waals surface area contributed by atoms with Gasteiger partial charge in [-0.05, 0) is 6.07 Å². The van der Waals surface area contributed by atoms with E-state index in [4.69, 9.17) is 5.11 Å². The van der Waals surface area contributed by atoms with Gasteiger partial charge in [0, 0.05) is 6.20 Å². The van der Waals surface area contributed by atoms with E-state index in [1.54, 1.807) is 0 Å². The zero-order valence-corrected chi connectivity index (χ0v) is 6.37. The Morgan fingerprint density at radius 1 is 1.46 bits per heavy atom. The molecule has 0 aromatic carbocycles. The number of H-pyrrole nitrogens is 2. The molecule has 0 amide bonds. The van der Waals surface area contributed by atoms with Crippen molar-refractivity contribution in [1.29, 1.82) is 0 Å². The fraction of sp³-hybridized carbons (Fsp3) is 0. The molecule has 0 radical (unpaired) electrons. The van der Waals surface area contributed by atoms with Crippen LogP contribution >= 0.6 is 0 Å². The first kappa shape index (κ1) is 7.53. The first-order valence-corrected chi connectivity index (χ1v) is 3.48. The zero-order valence-electron chi connectivity index (χ0n) is 6.37. The molecule has 0 saturated carbocycles. The lowest BCUT2D eigenvalue weighted by atomic mass is 10.2. The number of hydrogen-bond donors (Lipinski definition) is 3. The van der Waals surface area contributed by atoms with E-state index in [1.165, 1.54) is 12.3 Å². The molecule has 0 aliphatic rings. The van der Waals surface area contributed by atoms with Crippen molar-refractivity contribution in [2.45, 2.75) is 0 Å². The summed E-state index contributed by atoms with van der Waals surface area (Å²) in [4.78, 5) is 25.3. The third-order valence-electron chi connectivity index (χ3n) is 1.67. The first-order chi connectivity index (χ1) is 6.18. The molecule has 0 spiro atoms. The number of aromatic carboxylic acids is 1. The second-order valence-corrected chi connectivity index (χ2v) is 2.50. The van der Waals surface area contributed by atoms with Gasteiger partial charge in [0.1, 0.15) is 0 Å². The molecule has 0 atom stereocenters. The quantitative estimate of drug-likeness (QED) is 0.571. The molecule has 13 heavy (non-hydrogen) atoms. The fourth-order valence-electron chi connectivity index (χ4n) is 1.04. The van der Waals surface area contributed by atoms with Gasteiger partial charge in [0.15, 0.2) is 5.65 Å². The molecule has 6 nitrogen and oxygen atoms in total. The summed E-state index contributed by atoms with van der Waals surface area (Å²) in [7, 11) is 0. The highest BCUT2D eigenvalue weighted by Gasteiger charge is 2.07. The topological polar surface area (TPSA) is 98.8 Å². The van der Waals surface area contributed by atoms with Crippen LogP contribution in [0, 0.1) is 0 Å². The van der Waals surface area contributed by atoms with E-state index in [1.807, 2.05) is 0 Å². The Hall–Kier alpha value is -2.11. The summed E-state index contributed by atoms with van der Waals surface area (Å²) in [5, 5.41) is 13.7. The number of carbonyl (C=O) groups is 1. The molecule has 0 aliphatic heterocycles. The van der Waals surface area contributed by atoms with Gasteiger partial charge in [0.05, 0.1) is 10.9 Å². The Bertz CT molecular complexity index is 525. The van der Waals surface area contributed by atoms with Crippen LogP contribution in [0.15, 0.2) is 17.1 Å². The Morgan fingerprint density at radius 3 is 2.92 bits per heavy atom. The fourth-order valence-corrected chi connectivity index (χ4v) is 1.04. The van der Waals surface area contributed by atoms with Crippen LogP contribution in [0.1, 0.15) is 10.4 Å². The van der Waals surface area contributed by atoms with Gasteiger partial charge < -0.3 is 5.11 Å². The van der Waals surface area contributed by atoms with Crippen molar-refractivity contribution in [3.8, 4) is 0 Å². The number of pyridine rings is 1. The standard InChI is InChI=1S/C7H5N3O3/c11-6-4-1-3(7(12)13)2-8-5(4)9-10-6/h1-2H,(H,12,13)(H2,8,9,10,11).